The van der Waals surface area contributed by atoms with Gasteiger partial charge in [0.25, 0.3) is 0 Å². The van der Waals surface area contributed by atoms with Crippen LogP contribution in [-0.2, 0) is 11.2 Å². The van der Waals surface area contributed by atoms with E-state index in [1.54, 1.807) is 0 Å². The minimum absolute atomic E-state index is 0.0748. The molecule has 1 aromatic rings. The maximum Gasteiger partial charge on any atom is 0.303 e. The predicted molar refractivity (Wildman–Crippen MR) is 61.0 cm³/mol. The van der Waals surface area contributed by atoms with Crippen molar-refractivity contribution in [2.45, 2.75) is 25.3 Å². The first-order chi connectivity index (χ1) is 7.63. The average Bonchev–Trinajstić information content (AvgIpc) is 2.26. The molecule has 0 aromatic heterocycles. The van der Waals surface area contributed by atoms with Gasteiger partial charge in [0.15, 0.2) is 0 Å². The number of hydrogen-bond donors (Lipinski definition) is 3. The quantitative estimate of drug-likeness (QED) is 0.674. The number of nitrogens with two attached hydrogens (primary N) is 1. The third-order valence-electron chi connectivity index (χ3n) is 2.45. The van der Waals surface area contributed by atoms with E-state index in [2.05, 4.69) is 0 Å². The van der Waals surface area contributed by atoms with Crippen LogP contribution in [0.15, 0.2) is 24.3 Å². The molecule has 88 valence electrons. The SMILES string of the molecule is NC(CCC(=O)O)c1cccc(CCO)c1. The van der Waals surface area contributed by atoms with Crippen molar-refractivity contribution in [2.24, 2.45) is 5.73 Å². The summed E-state index contributed by atoms with van der Waals surface area (Å²) in [6, 6.07) is 7.34. The van der Waals surface area contributed by atoms with Crippen LogP contribution in [0.3, 0.4) is 0 Å². The lowest BCUT2D eigenvalue weighted by molar-refractivity contribution is -0.137. The highest BCUT2D eigenvalue weighted by atomic mass is 16.4. The number of carboxylic acid groups (broad SMARTS) is 1. The van der Waals surface area contributed by atoms with E-state index in [9.17, 15) is 4.79 Å². The molecule has 4 heteroatoms. The first-order valence-electron chi connectivity index (χ1n) is 5.30. The number of benzene rings is 1. The highest BCUT2D eigenvalue weighted by Crippen LogP contribution is 2.17. The summed E-state index contributed by atoms with van der Waals surface area (Å²) in [6.07, 6.45) is 1.10. The molecule has 0 bridgehead atoms. The Morgan fingerprint density at radius 1 is 1.44 bits per heavy atom. The molecular weight excluding hydrogens is 206 g/mol. The van der Waals surface area contributed by atoms with Gasteiger partial charge in [-0.15, -0.1) is 0 Å². The summed E-state index contributed by atoms with van der Waals surface area (Å²) in [4.78, 5) is 10.4. The minimum atomic E-state index is -0.832. The molecule has 0 aliphatic carbocycles. The van der Waals surface area contributed by atoms with Gasteiger partial charge < -0.3 is 15.9 Å². The molecule has 0 fully saturated rings. The van der Waals surface area contributed by atoms with E-state index in [4.69, 9.17) is 15.9 Å². The van der Waals surface area contributed by atoms with Crippen LogP contribution < -0.4 is 5.73 Å². The lowest BCUT2D eigenvalue weighted by Gasteiger charge is -2.11. The van der Waals surface area contributed by atoms with E-state index in [0.29, 0.717) is 12.8 Å². The maximum atomic E-state index is 10.4. The molecule has 1 aromatic carbocycles. The summed E-state index contributed by atoms with van der Waals surface area (Å²) in [5, 5.41) is 17.4. The van der Waals surface area contributed by atoms with E-state index in [0.717, 1.165) is 11.1 Å². The van der Waals surface area contributed by atoms with Gasteiger partial charge in [-0.05, 0) is 24.0 Å². The first-order valence-corrected chi connectivity index (χ1v) is 5.30. The summed E-state index contributed by atoms with van der Waals surface area (Å²) in [7, 11) is 0. The van der Waals surface area contributed by atoms with Crippen LogP contribution in [0.2, 0.25) is 0 Å². The van der Waals surface area contributed by atoms with Gasteiger partial charge in [-0.3, -0.25) is 4.79 Å². The second-order valence-electron chi connectivity index (χ2n) is 3.76. The summed E-state index contributed by atoms with van der Waals surface area (Å²) in [6.45, 7) is 0.105. The number of aliphatic hydroxyl groups excluding tert-OH is 1. The molecule has 0 saturated heterocycles. The summed E-state index contributed by atoms with van der Waals surface area (Å²) >= 11 is 0. The van der Waals surface area contributed by atoms with Crippen molar-refractivity contribution >= 4 is 5.97 Å². The van der Waals surface area contributed by atoms with Crippen molar-refractivity contribution in [2.75, 3.05) is 6.61 Å². The summed E-state index contributed by atoms with van der Waals surface area (Å²) in [5.41, 5.74) is 7.83. The zero-order valence-corrected chi connectivity index (χ0v) is 9.10. The average molecular weight is 223 g/mol. The lowest BCUT2D eigenvalue weighted by atomic mass is 10.00. The normalized spacial score (nSPS) is 12.4. The first kappa shape index (κ1) is 12.7. The Morgan fingerprint density at radius 3 is 2.81 bits per heavy atom. The van der Waals surface area contributed by atoms with Crippen LogP contribution in [0.5, 0.6) is 0 Å². The Hall–Kier alpha value is -1.39. The number of carbonyl (C=O) groups is 1. The molecule has 0 radical (unpaired) electrons. The van der Waals surface area contributed by atoms with Gasteiger partial charge in [0.1, 0.15) is 0 Å². The Bertz CT molecular complexity index is 352. The van der Waals surface area contributed by atoms with E-state index < -0.39 is 5.97 Å². The van der Waals surface area contributed by atoms with Crippen LogP contribution in [0.1, 0.15) is 30.0 Å². The van der Waals surface area contributed by atoms with Crippen molar-refractivity contribution in [3.05, 3.63) is 35.4 Å². The standard InChI is InChI=1S/C12H17NO3/c13-11(4-5-12(15)16)10-3-1-2-9(8-10)6-7-14/h1-3,8,11,14H,4-7,13H2,(H,15,16). The lowest BCUT2D eigenvalue weighted by Crippen LogP contribution is -2.12. The predicted octanol–water partition coefficient (Wildman–Crippen LogP) is 1.09. The highest BCUT2D eigenvalue weighted by molar-refractivity contribution is 5.66. The second-order valence-corrected chi connectivity index (χ2v) is 3.76. The van der Waals surface area contributed by atoms with Crippen LogP contribution in [0.4, 0.5) is 0 Å². The number of aliphatic carboxylic acids is 1. The molecule has 1 rings (SSSR count). The molecule has 1 atom stereocenters. The number of aliphatic hydroxyl groups is 1. The van der Waals surface area contributed by atoms with Gasteiger partial charge in [0, 0.05) is 19.1 Å². The van der Waals surface area contributed by atoms with E-state index in [-0.39, 0.29) is 19.1 Å². The fraction of sp³-hybridized carbons (Fsp3) is 0.417. The van der Waals surface area contributed by atoms with Crippen LogP contribution in [0, 0.1) is 0 Å². The fourth-order valence-electron chi connectivity index (χ4n) is 1.55. The largest absolute Gasteiger partial charge is 0.481 e. The molecule has 4 nitrogen and oxygen atoms in total. The Labute approximate surface area is 94.7 Å². The van der Waals surface area contributed by atoms with Crippen LogP contribution >= 0.6 is 0 Å². The smallest absolute Gasteiger partial charge is 0.303 e. The van der Waals surface area contributed by atoms with E-state index in [1.165, 1.54) is 0 Å². The number of carboxylic acids is 1. The van der Waals surface area contributed by atoms with Crippen molar-refractivity contribution in [3.8, 4) is 0 Å². The molecule has 0 saturated carbocycles. The fourth-order valence-corrected chi connectivity index (χ4v) is 1.55. The second kappa shape index (κ2) is 6.25. The van der Waals surface area contributed by atoms with E-state index in [1.807, 2.05) is 24.3 Å². The molecule has 0 amide bonds. The van der Waals surface area contributed by atoms with Gasteiger partial charge >= 0.3 is 5.97 Å². The third kappa shape index (κ3) is 4.00. The molecule has 0 aliphatic heterocycles. The van der Waals surface area contributed by atoms with Crippen LogP contribution in [-0.4, -0.2) is 22.8 Å². The molecule has 4 N–H and O–H groups in total. The number of rotatable bonds is 6. The minimum Gasteiger partial charge on any atom is -0.481 e. The van der Waals surface area contributed by atoms with Crippen molar-refractivity contribution < 1.29 is 15.0 Å². The maximum absolute atomic E-state index is 10.4. The highest BCUT2D eigenvalue weighted by Gasteiger charge is 2.08. The van der Waals surface area contributed by atoms with Gasteiger partial charge in [-0.2, -0.15) is 0 Å². The third-order valence-corrected chi connectivity index (χ3v) is 2.45. The molecule has 16 heavy (non-hydrogen) atoms. The van der Waals surface area contributed by atoms with Gasteiger partial charge in [0.2, 0.25) is 0 Å². The zero-order valence-electron chi connectivity index (χ0n) is 9.10. The molecule has 1 unspecified atom stereocenters. The Morgan fingerprint density at radius 2 is 2.19 bits per heavy atom. The van der Waals surface area contributed by atoms with Gasteiger partial charge in [-0.1, -0.05) is 24.3 Å². The molecule has 0 heterocycles. The Balaban J connectivity index is 2.63. The topological polar surface area (TPSA) is 83.6 Å². The van der Waals surface area contributed by atoms with Crippen molar-refractivity contribution in [1.29, 1.82) is 0 Å². The summed E-state index contributed by atoms with van der Waals surface area (Å²) < 4.78 is 0. The van der Waals surface area contributed by atoms with E-state index >= 15 is 0 Å². The molecule has 0 aliphatic rings. The van der Waals surface area contributed by atoms with Gasteiger partial charge in [-0.25, -0.2) is 0 Å². The van der Waals surface area contributed by atoms with Crippen LogP contribution in [0.25, 0.3) is 0 Å². The zero-order chi connectivity index (χ0) is 12.0. The van der Waals surface area contributed by atoms with Crippen molar-refractivity contribution in [3.63, 3.8) is 0 Å². The monoisotopic (exact) mass is 223 g/mol. The summed E-state index contributed by atoms with van der Waals surface area (Å²) in [5.74, 6) is -0.832. The van der Waals surface area contributed by atoms with Gasteiger partial charge in [0.05, 0.1) is 0 Å². The molecule has 0 spiro atoms. The Kier molecular flexibility index (Phi) is 4.95. The number of hydrogen-bond acceptors (Lipinski definition) is 3. The molecular formula is C12H17NO3. The van der Waals surface area contributed by atoms with Crippen molar-refractivity contribution in [1.82, 2.24) is 0 Å².